The number of nitrogens with zero attached hydrogens (tertiary/aromatic N) is 2. The van der Waals surface area contributed by atoms with Crippen LogP contribution >= 0.6 is 11.8 Å². The molecular formula is C27H27N3O5S. The smallest absolute Gasteiger partial charge is 0.266 e. The van der Waals surface area contributed by atoms with Crippen molar-refractivity contribution < 1.29 is 19.0 Å². The fourth-order valence-corrected chi connectivity index (χ4v) is 4.60. The highest BCUT2D eigenvalue weighted by Crippen LogP contribution is 2.27. The van der Waals surface area contributed by atoms with Crippen LogP contribution in [0.3, 0.4) is 0 Å². The summed E-state index contributed by atoms with van der Waals surface area (Å²) in [5.74, 6) is 1.77. The lowest BCUT2D eigenvalue weighted by atomic mass is 10.1. The van der Waals surface area contributed by atoms with Gasteiger partial charge in [-0.15, -0.1) is 0 Å². The summed E-state index contributed by atoms with van der Waals surface area (Å²) in [5, 5.41) is 3.73. The van der Waals surface area contributed by atoms with Crippen LogP contribution in [0.2, 0.25) is 0 Å². The van der Waals surface area contributed by atoms with Crippen LogP contribution in [-0.4, -0.2) is 49.9 Å². The van der Waals surface area contributed by atoms with E-state index in [4.69, 9.17) is 19.2 Å². The Morgan fingerprint density at radius 3 is 2.47 bits per heavy atom. The van der Waals surface area contributed by atoms with Crippen molar-refractivity contribution in [1.82, 2.24) is 14.9 Å². The zero-order valence-corrected chi connectivity index (χ0v) is 21.1. The number of carbonyl (C=O) groups is 1. The number of fused-ring (bicyclic) bond motifs is 1. The van der Waals surface area contributed by atoms with Crippen LogP contribution in [0.25, 0.3) is 16.6 Å². The quantitative estimate of drug-likeness (QED) is 0.197. The SMILES string of the molecule is COCCNC(=O)c1ccc2c(=O)n(-c3ccc(OC)cc3)c(SCc3cccc(OC)c3)nc2c1. The highest BCUT2D eigenvalue weighted by molar-refractivity contribution is 7.98. The maximum Gasteiger partial charge on any atom is 0.266 e. The Balaban J connectivity index is 1.76. The van der Waals surface area contributed by atoms with E-state index in [9.17, 15) is 9.59 Å². The van der Waals surface area contributed by atoms with Gasteiger partial charge in [0.25, 0.3) is 11.5 Å². The lowest BCUT2D eigenvalue weighted by Crippen LogP contribution is -2.27. The first-order valence-corrected chi connectivity index (χ1v) is 12.3. The molecule has 0 spiro atoms. The predicted molar refractivity (Wildman–Crippen MR) is 141 cm³/mol. The summed E-state index contributed by atoms with van der Waals surface area (Å²) in [6.45, 7) is 0.802. The minimum atomic E-state index is -0.249. The molecule has 0 saturated heterocycles. The maximum absolute atomic E-state index is 13.6. The van der Waals surface area contributed by atoms with Crippen LogP contribution in [0.1, 0.15) is 15.9 Å². The van der Waals surface area contributed by atoms with Crippen molar-refractivity contribution in [2.75, 3.05) is 34.5 Å². The highest BCUT2D eigenvalue weighted by atomic mass is 32.2. The van der Waals surface area contributed by atoms with E-state index in [1.54, 1.807) is 56.2 Å². The molecule has 186 valence electrons. The number of ether oxygens (including phenoxy) is 3. The third kappa shape index (κ3) is 5.69. The second kappa shape index (κ2) is 11.7. The Morgan fingerprint density at radius 2 is 1.75 bits per heavy atom. The molecule has 0 saturated carbocycles. The van der Waals surface area contributed by atoms with Gasteiger partial charge in [-0.1, -0.05) is 23.9 Å². The number of nitrogens with one attached hydrogen (secondary N) is 1. The lowest BCUT2D eigenvalue weighted by molar-refractivity contribution is 0.0937. The second-order valence-electron chi connectivity index (χ2n) is 7.85. The monoisotopic (exact) mass is 505 g/mol. The van der Waals surface area contributed by atoms with Crippen LogP contribution in [0.15, 0.2) is 76.7 Å². The van der Waals surface area contributed by atoms with Crippen LogP contribution in [0, 0.1) is 0 Å². The number of hydrogen-bond donors (Lipinski definition) is 1. The van der Waals surface area contributed by atoms with Crippen LogP contribution < -0.4 is 20.3 Å². The Kier molecular flexibility index (Phi) is 8.24. The first-order chi connectivity index (χ1) is 17.5. The molecule has 1 N–H and O–H groups in total. The summed E-state index contributed by atoms with van der Waals surface area (Å²) >= 11 is 1.43. The van der Waals surface area contributed by atoms with Crippen LogP contribution in [0.5, 0.6) is 11.5 Å². The second-order valence-corrected chi connectivity index (χ2v) is 8.80. The number of aromatic nitrogens is 2. The molecule has 0 atom stereocenters. The van der Waals surface area contributed by atoms with Crippen molar-refractivity contribution in [2.24, 2.45) is 0 Å². The zero-order chi connectivity index (χ0) is 25.5. The topological polar surface area (TPSA) is 91.7 Å². The van der Waals surface area contributed by atoms with Crippen LogP contribution in [0.4, 0.5) is 0 Å². The molecule has 36 heavy (non-hydrogen) atoms. The zero-order valence-electron chi connectivity index (χ0n) is 20.3. The maximum atomic E-state index is 13.6. The molecule has 4 aromatic rings. The highest BCUT2D eigenvalue weighted by Gasteiger charge is 2.16. The van der Waals surface area contributed by atoms with E-state index in [2.05, 4.69) is 5.32 Å². The summed E-state index contributed by atoms with van der Waals surface area (Å²) in [5.41, 5.74) is 2.37. The molecule has 0 aliphatic rings. The van der Waals surface area contributed by atoms with Crippen molar-refractivity contribution in [3.8, 4) is 17.2 Å². The Labute approximate surface area is 213 Å². The number of hydrogen-bond acceptors (Lipinski definition) is 7. The van der Waals surface area contributed by atoms with E-state index < -0.39 is 0 Å². The molecular weight excluding hydrogens is 478 g/mol. The fraction of sp³-hybridized carbons (Fsp3) is 0.222. The van der Waals surface area contributed by atoms with Gasteiger partial charge in [-0.05, 0) is 60.2 Å². The van der Waals surface area contributed by atoms with Crippen molar-refractivity contribution in [3.05, 3.63) is 88.2 Å². The van der Waals surface area contributed by atoms with Gasteiger partial charge in [0.1, 0.15) is 11.5 Å². The van der Waals surface area contributed by atoms with E-state index in [1.807, 2.05) is 36.4 Å². The third-order valence-corrected chi connectivity index (χ3v) is 6.53. The Hall–Kier alpha value is -3.82. The number of benzene rings is 3. The van der Waals surface area contributed by atoms with Gasteiger partial charge >= 0.3 is 0 Å². The molecule has 0 radical (unpaired) electrons. The summed E-state index contributed by atoms with van der Waals surface area (Å²) in [6.07, 6.45) is 0. The number of rotatable bonds is 10. The van der Waals surface area contributed by atoms with Gasteiger partial charge in [-0.2, -0.15) is 0 Å². The molecule has 0 fully saturated rings. The largest absolute Gasteiger partial charge is 0.497 e. The van der Waals surface area contributed by atoms with Gasteiger partial charge in [0.15, 0.2) is 5.16 Å². The first-order valence-electron chi connectivity index (χ1n) is 11.3. The van der Waals surface area contributed by atoms with E-state index in [-0.39, 0.29) is 11.5 Å². The molecule has 0 aliphatic carbocycles. The normalized spacial score (nSPS) is 10.9. The number of methoxy groups -OCH3 is 3. The average Bonchev–Trinajstić information content (AvgIpc) is 2.92. The number of carbonyl (C=O) groups excluding carboxylic acids is 1. The molecule has 1 heterocycles. The van der Waals surface area contributed by atoms with Gasteiger partial charge in [0.2, 0.25) is 0 Å². The summed E-state index contributed by atoms with van der Waals surface area (Å²) in [6, 6.07) is 19.9. The van der Waals surface area contributed by atoms with Gasteiger partial charge in [0, 0.05) is 25.0 Å². The van der Waals surface area contributed by atoms with Crippen molar-refractivity contribution in [3.63, 3.8) is 0 Å². The van der Waals surface area contributed by atoms with Gasteiger partial charge < -0.3 is 19.5 Å². The lowest BCUT2D eigenvalue weighted by Gasteiger charge is -2.14. The summed E-state index contributed by atoms with van der Waals surface area (Å²) in [7, 11) is 4.79. The van der Waals surface area contributed by atoms with Crippen molar-refractivity contribution >= 4 is 28.6 Å². The summed E-state index contributed by atoms with van der Waals surface area (Å²) in [4.78, 5) is 31.0. The van der Waals surface area contributed by atoms with Gasteiger partial charge in [0.05, 0.1) is 37.4 Å². The van der Waals surface area contributed by atoms with Crippen LogP contribution in [-0.2, 0) is 10.5 Å². The van der Waals surface area contributed by atoms with Gasteiger partial charge in [-0.3, -0.25) is 14.2 Å². The third-order valence-electron chi connectivity index (χ3n) is 5.53. The molecule has 4 rings (SSSR count). The van der Waals surface area contributed by atoms with Gasteiger partial charge in [-0.25, -0.2) is 4.98 Å². The van der Waals surface area contributed by atoms with Crippen molar-refractivity contribution in [1.29, 1.82) is 0 Å². The molecule has 8 nitrogen and oxygen atoms in total. The number of thioether (sulfide) groups is 1. The van der Waals surface area contributed by atoms with E-state index in [1.165, 1.54) is 11.8 Å². The summed E-state index contributed by atoms with van der Waals surface area (Å²) < 4.78 is 17.2. The molecule has 1 amide bonds. The predicted octanol–water partition coefficient (Wildman–Crippen LogP) is 4.07. The molecule has 0 bridgehead atoms. The average molecular weight is 506 g/mol. The Morgan fingerprint density at radius 1 is 0.972 bits per heavy atom. The molecule has 0 unspecified atom stereocenters. The minimum absolute atomic E-state index is 0.218. The standard InChI is InChI=1S/C27H27N3O5S/c1-33-14-13-28-25(31)19-7-12-23-24(16-19)29-27(36-17-18-5-4-6-22(15-18)35-3)30(26(23)32)20-8-10-21(34-2)11-9-20/h4-12,15-16H,13-14,17H2,1-3H3,(H,28,31). The van der Waals surface area contributed by atoms with E-state index in [0.717, 1.165) is 11.3 Å². The number of amides is 1. The fourth-order valence-electron chi connectivity index (χ4n) is 3.64. The molecule has 3 aromatic carbocycles. The molecule has 1 aromatic heterocycles. The molecule has 0 aliphatic heterocycles. The Bertz CT molecular complexity index is 1420. The van der Waals surface area contributed by atoms with E-state index >= 15 is 0 Å². The van der Waals surface area contributed by atoms with E-state index in [0.29, 0.717) is 52.0 Å². The minimum Gasteiger partial charge on any atom is -0.497 e. The first kappa shape index (κ1) is 25.3. The molecule has 9 heteroatoms. The van der Waals surface area contributed by atoms with Crippen molar-refractivity contribution in [2.45, 2.75) is 10.9 Å².